The molecule has 0 spiro atoms. The minimum absolute atomic E-state index is 0.0407. The number of nitrogens with zero attached hydrogens (tertiary/aromatic N) is 4. The number of thioether (sulfide) groups is 1. The minimum atomic E-state index is -0.500. The van der Waals surface area contributed by atoms with E-state index < -0.39 is 5.91 Å². The average molecular weight is 522 g/mol. The number of aryl methyl sites for hydroxylation is 1. The molecular formula is C29H23N5O3S. The van der Waals surface area contributed by atoms with Crippen LogP contribution < -0.4 is 9.47 Å². The molecular weight excluding hydrogens is 498 g/mol. The molecule has 0 aromatic heterocycles. The van der Waals surface area contributed by atoms with Gasteiger partial charge in [0.15, 0.2) is 17.3 Å². The lowest BCUT2D eigenvalue weighted by molar-refractivity contribution is -0.114. The van der Waals surface area contributed by atoms with Crippen molar-refractivity contribution < 1.29 is 14.3 Å². The van der Waals surface area contributed by atoms with Crippen molar-refractivity contribution in [2.45, 2.75) is 20.5 Å². The molecule has 0 bridgehead atoms. The van der Waals surface area contributed by atoms with Crippen LogP contribution in [0.1, 0.15) is 34.7 Å². The lowest BCUT2D eigenvalue weighted by Gasteiger charge is -2.20. The monoisotopic (exact) mass is 521 g/mol. The van der Waals surface area contributed by atoms with Crippen molar-refractivity contribution in [1.29, 1.82) is 10.7 Å². The molecule has 1 amide bonds. The molecule has 38 heavy (non-hydrogen) atoms. The van der Waals surface area contributed by atoms with Gasteiger partial charge in [0.05, 0.1) is 23.8 Å². The van der Waals surface area contributed by atoms with E-state index in [1.54, 1.807) is 30.3 Å². The van der Waals surface area contributed by atoms with Crippen LogP contribution in [-0.4, -0.2) is 33.6 Å². The van der Waals surface area contributed by atoms with E-state index in [0.29, 0.717) is 39.4 Å². The van der Waals surface area contributed by atoms with E-state index in [4.69, 9.17) is 14.9 Å². The van der Waals surface area contributed by atoms with Crippen LogP contribution in [0.5, 0.6) is 11.5 Å². The summed E-state index contributed by atoms with van der Waals surface area (Å²) in [6.07, 6.45) is 1.60. The van der Waals surface area contributed by atoms with Gasteiger partial charge in [-0.1, -0.05) is 54.1 Å². The predicted molar refractivity (Wildman–Crippen MR) is 148 cm³/mol. The van der Waals surface area contributed by atoms with Crippen LogP contribution in [-0.2, 0) is 11.4 Å². The summed E-state index contributed by atoms with van der Waals surface area (Å²) in [7, 11) is 0. The van der Waals surface area contributed by atoms with E-state index in [1.807, 2.05) is 56.3 Å². The highest BCUT2D eigenvalue weighted by Crippen LogP contribution is 2.33. The second kappa shape index (κ2) is 10.7. The van der Waals surface area contributed by atoms with Gasteiger partial charge in [0, 0.05) is 11.1 Å². The standard InChI is InChI=1S/C29H23N5O3S/c1-3-36-25-15-19(10-13-24(25)37-17-22-7-5-4-6-21(22)16-30)14-23-26(31)34-29(32-27(23)35)38-28(33-34)20-11-8-18(2)9-12-20/h4-15,31H,3,17H2,1-2H3. The molecule has 0 unspecified atom stereocenters. The highest BCUT2D eigenvalue weighted by atomic mass is 32.2. The molecule has 0 fully saturated rings. The van der Waals surface area contributed by atoms with Crippen LogP contribution in [0.4, 0.5) is 0 Å². The van der Waals surface area contributed by atoms with Gasteiger partial charge in [-0.25, -0.2) is 0 Å². The molecule has 2 aliphatic rings. The van der Waals surface area contributed by atoms with Gasteiger partial charge in [-0.15, -0.1) is 0 Å². The molecule has 0 radical (unpaired) electrons. The van der Waals surface area contributed by atoms with Crippen LogP contribution >= 0.6 is 11.8 Å². The van der Waals surface area contributed by atoms with Crippen molar-refractivity contribution in [1.82, 2.24) is 5.01 Å². The largest absolute Gasteiger partial charge is 0.490 e. The number of hydrazone groups is 1. The Balaban J connectivity index is 1.39. The molecule has 1 N–H and O–H groups in total. The summed E-state index contributed by atoms with van der Waals surface area (Å²) in [6, 6.07) is 22.6. The number of carbonyl (C=O) groups is 1. The topological polar surface area (TPSA) is 111 Å². The summed E-state index contributed by atoms with van der Waals surface area (Å²) < 4.78 is 11.8. The van der Waals surface area contributed by atoms with Gasteiger partial charge < -0.3 is 9.47 Å². The lowest BCUT2D eigenvalue weighted by Crippen LogP contribution is -2.35. The summed E-state index contributed by atoms with van der Waals surface area (Å²) in [4.78, 5) is 17.0. The Morgan fingerprint density at radius 3 is 2.63 bits per heavy atom. The molecule has 8 nitrogen and oxygen atoms in total. The first-order valence-electron chi connectivity index (χ1n) is 11.9. The van der Waals surface area contributed by atoms with Crippen LogP contribution in [0.25, 0.3) is 6.08 Å². The van der Waals surface area contributed by atoms with Crippen LogP contribution in [0, 0.1) is 23.7 Å². The zero-order chi connectivity index (χ0) is 26.6. The molecule has 2 heterocycles. The Morgan fingerprint density at radius 2 is 1.87 bits per heavy atom. The summed E-state index contributed by atoms with van der Waals surface area (Å²) in [5.41, 5.74) is 4.14. The van der Waals surface area contributed by atoms with Crippen molar-refractivity contribution in [2.75, 3.05) is 6.61 Å². The van der Waals surface area contributed by atoms with Crippen LogP contribution in [0.15, 0.2) is 82.4 Å². The number of rotatable bonds is 7. The number of fused-ring (bicyclic) bond motifs is 1. The number of amides is 1. The number of benzene rings is 3. The van der Waals surface area contributed by atoms with Crippen LogP contribution in [0.2, 0.25) is 0 Å². The Labute approximate surface area is 224 Å². The van der Waals surface area contributed by atoms with Gasteiger partial charge >= 0.3 is 0 Å². The highest BCUT2D eigenvalue weighted by molar-refractivity contribution is 8.27. The van der Waals surface area contributed by atoms with Gasteiger partial charge in [-0.3, -0.25) is 10.2 Å². The summed E-state index contributed by atoms with van der Waals surface area (Å²) in [5, 5.41) is 25.0. The van der Waals surface area contributed by atoms with Crippen molar-refractivity contribution in [3.05, 3.63) is 100 Å². The van der Waals surface area contributed by atoms with Gasteiger partial charge in [0.2, 0.25) is 5.17 Å². The molecule has 9 heteroatoms. The summed E-state index contributed by atoms with van der Waals surface area (Å²) >= 11 is 1.27. The Hall–Kier alpha value is -4.68. The number of ether oxygens (including phenoxy) is 2. The van der Waals surface area contributed by atoms with E-state index >= 15 is 0 Å². The number of hydrogen-bond acceptors (Lipinski definition) is 7. The number of carbonyl (C=O) groups excluding carboxylic acids is 1. The first kappa shape index (κ1) is 25.0. The molecule has 2 aliphatic heterocycles. The third-order valence-corrected chi connectivity index (χ3v) is 6.81. The third-order valence-electron chi connectivity index (χ3n) is 5.85. The summed E-state index contributed by atoms with van der Waals surface area (Å²) in [5.74, 6) is 0.462. The van der Waals surface area contributed by atoms with Gasteiger partial charge in [0.25, 0.3) is 5.91 Å². The molecule has 3 aromatic carbocycles. The van der Waals surface area contributed by atoms with Crippen molar-refractivity contribution in [2.24, 2.45) is 10.1 Å². The summed E-state index contributed by atoms with van der Waals surface area (Å²) in [6.45, 7) is 4.49. The number of nitriles is 1. The molecule has 0 atom stereocenters. The first-order valence-corrected chi connectivity index (χ1v) is 12.7. The maximum Gasteiger partial charge on any atom is 0.283 e. The second-order valence-electron chi connectivity index (χ2n) is 8.49. The molecule has 0 aliphatic carbocycles. The van der Waals surface area contributed by atoms with Crippen molar-refractivity contribution in [3.8, 4) is 17.6 Å². The quantitative estimate of drug-likeness (QED) is 0.410. The predicted octanol–water partition coefficient (Wildman–Crippen LogP) is 5.51. The zero-order valence-electron chi connectivity index (χ0n) is 20.8. The number of nitrogens with one attached hydrogen (secondary N) is 1. The van der Waals surface area contributed by atoms with Gasteiger partial charge in [-0.05, 0) is 55.4 Å². The normalized spacial score (nSPS) is 15.6. The first-order chi connectivity index (χ1) is 18.5. The highest BCUT2D eigenvalue weighted by Gasteiger charge is 2.36. The minimum Gasteiger partial charge on any atom is -0.490 e. The maximum absolute atomic E-state index is 12.9. The number of aliphatic imine (C=N–C) groups is 1. The molecule has 5 rings (SSSR count). The Morgan fingerprint density at radius 1 is 1.08 bits per heavy atom. The fourth-order valence-electron chi connectivity index (χ4n) is 3.88. The molecule has 0 saturated carbocycles. The third kappa shape index (κ3) is 5.08. The number of hydrogen-bond donors (Lipinski definition) is 1. The average Bonchev–Trinajstić information content (AvgIpc) is 3.35. The SMILES string of the molecule is CCOc1cc(C=C2C(=N)N3N=C(c4ccc(C)cc4)SC3=NC2=O)ccc1OCc1ccccc1C#N. The Kier molecular flexibility index (Phi) is 7.07. The molecule has 3 aromatic rings. The smallest absolute Gasteiger partial charge is 0.283 e. The second-order valence-corrected chi connectivity index (χ2v) is 9.44. The van der Waals surface area contributed by atoms with E-state index in [1.165, 1.54) is 16.8 Å². The molecule has 0 saturated heterocycles. The maximum atomic E-state index is 12.9. The van der Waals surface area contributed by atoms with Crippen molar-refractivity contribution >= 4 is 39.8 Å². The van der Waals surface area contributed by atoms with Gasteiger partial charge in [0.1, 0.15) is 11.7 Å². The Bertz CT molecular complexity index is 1570. The van der Waals surface area contributed by atoms with E-state index in [0.717, 1.165) is 16.7 Å². The van der Waals surface area contributed by atoms with Gasteiger partial charge in [-0.2, -0.15) is 20.4 Å². The van der Waals surface area contributed by atoms with Crippen molar-refractivity contribution in [3.63, 3.8) is 0 Å². The van der Waals surface area contributed by atoms with Crippen LogP contribution in [0.3, 0.4) is 0 Å². The van der Waals surface area contributed by atoms with E-state index in [9.17, 15) is 10.1 Å². The number of amidine groups is 2. The fraction of sp³-hybridized carbons (Fsp3) is 0.138. The lowest BCUT2D eigenvalue weighted by atomic mass is 10.1. The molecule has 188 valence electrons. The fourth-order valence-corrected chi connectivity index (χ4v) is 4.78. The van der Waals surface area contributed by atoms with E-state index in [2.05, 4.69) is 16.2 Å². The zero-order valence-corrected chi connectivity index (χ0v) is 21.6. The van der Waals surface area contributed by atoms with E-state index in [-0.39, 0.29) is 18.0 Å².